The normalized spacial score (nSPS) is 33.2. The zero-order chi connectivity index (χ0) is 26.0. The van der Waals surface area contributed by atoms with E-state index in [4.69, 9.17) is 14.2 Å². The van der Waals surface area contributed by atoms with Crippen LogP contribution in [0.4, 0.5) is 19.0 Å². The standard InChI is InChI=1S/C26H37F3N4O4/c1-35-22-17-37-13-5-21(22)31-20-2-6-25(15-20,19-4-12-36-16-19)24(34)33-10-8-32(9-11-33)23-14-18(3-7-30-23)26(27,28)29/h3,7,14,19-22,31H,2,4-6,8-13,15-17H2,1H3/t19?,20-,21?,22?,25+/m1/s1. The molecule has 0 bridgehead atoms. The molecular weight excluding hydrogens is 489 g/mol. The Balaban J connectivity index is 1.25. The predicted molar refractivity (Wildman–Crippen MR) is 130 cm³/mol. The first-order valence-electron chi connectivity index (χ1n) is 13.3. The number of amides is 1. The molecule has 1 aromatic heterocycles. The maximum absolute atomic E-state index is 14.1. The van der Waals surface area contributed by atoms with E-state index in [0.717, 1.165) is 44.2 Å². The SMILES string of the molecule is COC1COCCC1N[C@@H]1CC[C@@](C(=O)N2CCN(c3cc(C(F)(F)F)ccn3)CC2)(C2CCOC2)C1. The Bertz CT molecular complexity index is 937. The van der Waals surface area contributed by atoms with Crippen LogP contribution in [0.25, 0.3) is 0 Å². The number of carbonyl (C=O) groups is 1. The molecule has 37 heavy (non-hydrogen) atoms. The molecule has 3 saturated heterocycles. The van der Waals surface area contributed by atoms with E-state index in [2.05, 4.69) is 10.3 Å². The summed E-state index contributed by atoms with van der Waals surface area (Å²) < 4.78 is 56.4. The molecule has 4 aliphatic rings. The number of carbonyl (C=O) groups excluding carboxylic acids is 1. The quantitative estimate of drug-likeness (QED) is 0.611. The Morgan fingerprint density at radius 2 is 1.89 bits per heavy atom. The van der Waals surface area contributed by atoms with Gasteiger partial charge in [-0.05, 0) is 50.2 Å². The molecule has 1 aromatic rings. The molecule has 0 aromatic carbocycles. The summed E-state index contributed by atoms with van der Waals surface area (Å²) in [7, 11) is 1.71. The van der Waals surface area contributed by atoms with Crippen LogP contribution in [0, 0.1) is 11.3 Å². The second-order valence-corrected chi connectivity index (χ2v) is 10.7. The van der Waals surface area contributed by atoms with Crippen molar-refractivity contribution in [1.82, 2.24) is 15.2 Å². The van der Waals surface area contributed by atoms with Crippen molar-refractivity contribution in [3.63, 3.8) is 0 Å². The van der Waals surface area contributed by atoms with Gasteiger partial charge < -0.3 is 29.3 Å². The van der Waals surface area contributed by atoms with Gasteiger partial charge in [-0.2, -0.15) is 13.2 Å². The average molecular weight is 527 g/mol. The van der Waals surface area contributed by atoms with Gasteiger partial charge in [-0.15, -0.1) is 0 Å². The number of aromatic nitrogens is 1. The smallest absolute Gasteiger partial charge is 0.381 e. The van der Waals surface area contributed by atoms with E-state index in [9.17, 15) is 18.0 Å². The van der Waals surface area contributed by atoms with Crippen LogP contribution in [-0.2, 0) is 25.2 Å². The molecule has 3 aliphatic heterocycles. The summed E-state index contributed by atoms with van der Waals surface area (Å²) in [5.74, 6) is 0.650. The van der Waals surface area contributed by atoms with Crippen molar-refractivity contribution >= 4 is 11.7 Å². The highest BCUT2D eigenvalue weighted by Crippen LogP contribution is 2.49. The Labute approximate surface area is 215 Å². The zero-order valence-corrected chi connectivity index (χ0v) is 21.3. The summed E-state index contributed by atoms with van der Waals surface area (Å²) in [4.78, 5) is 22.0. The van der Waals surface area contributed by atoms with Gasteiger partial charge in [0, 0.05) is 64.8 Å². The Hall–Kier alpha value is -1.95. The molecule has 4 fully saturated rings. The van der Waals surface area contributed by atoms with Crippen molar-refractivity contribution in [2.24, 2.45) is 11.3 Å². The van der Waals surface area contributed by atoms with Gasteiger partial charge in [-0.3, -0.25) is 4.79 Å². The van der Waals surface area contributed by atoms with Crippen molar-refractivity contribution in [3.05, 3.63) is 23.9 Å². The average Bonchev–Trinajstić information content (AvgIpc) is 3.60. The molecule has 3 unspecified atom stereocenters. The van der Waals surface area contributed by atoms with E-state index < -0.39 is 17.2 Å². The third-order valence-corrected chi connectivity index (χ3v) is 8.71. The molecule has 8 nitrogen and oxygen atoms in total. The summed E-state index contributed by atoms with van der Waals surface area (Å²) in [6.07, 6.45) is 1.06. The monoisotopic (exact) mass is 526 g/mol. The minimum Gasteiger partial charge on any atom is -0.381 e. The number of rotatable bonds is 6. The van der Waals surface area contributed by atoms with Crippen molar-refractivity contribution in [1.29, 1.82) is 0 Å². The van der Waals surface area contributed by atoms with Crippen molar-refractivity contribution in [2.75, 3.05) is 64.6 Å². The number of pyridine rings is 1. The van der Waals surface area contributed by atoms with Gasteiger partial charge in [0.15, 0.2) is 0 Å². The minimum atomic E-state index is -4.41. The third-order valence-electron chi connectivity index (χ3n) is 8.71. The van der Waals surface area contributed by atoms with Crippen LogP contribution >= 0.6 is 0 Å². The lowest BCUT2D eigenvalue weighted by Gasteiger charge is -2.42. The van der Waals surface area contributed by atoms with Crippen molar-refractivity contribution in [2.45, 2.75) is 56.5 Å². The summed E-state index contributed by atoms with van der Waals surface area (Å²) in [6, 6.07) is 2.50. The van der Waals surface area contributed by atoms with E-state index in [0.29, 0.717) is 58.4 Å². The van der Waals surface area contributed by atoms with E-state index in [-0.39, 0.29) is 30.0 Å². The summed E-state index contributed by atoms with van der Waals surface area (Å²) >= 11 is 0. The lowest BCUT2D eigenvalue weighted by molar-refractivity contribution is -0.146. The van der Waals surface area contributed by atoms with Gasteiger partial charge >= 0.3 is 6.18 Å². The largest absolute Gasteiger partial charge is 0.416 e. The molecule has 1 amide bonds. The van der Waals surface area contributed by atoms with Crippen LogP contribution in [0.5, 0.6) is 0 Å². The van der Waals surface area contributed by atoms with Gasteiger partial charge in [0.05, 0.1) is 30.3 Å². The van der Waals surface area contributed by atoms with E-state index in [1.165, 1.54) is 6.20 Å². The lowest BCUT2D eigenvalue weighted by atomic mass is 9.72. The van der Waals surface area contributed by atoms with Crippen LogP contribution in [0.1, 0.15) is 37.7 Å². The molecule has 206 valence electrons. The van der Waals surface area contributed by atoms with Crippen LogP contribution in [0.15, 0.2) is 18.3 Å². The second-order valence-electron chi connectivity index (χ2n) is 10.7. The molecule has 5 atom stereocenters. The minimum absolute atomic E-state index is 0.00630. The third kappa shape index (κ3) is 5.60. The Morgan fingerprint density at radius 1 is 1.14 bits per heavy atom. The van der Waals surface area contributed by atoms with Crippen molar-refractivity contribution in [3.8, 4) is 0 Å². The molecule has 1 aliphatic carbocycles. The highest BCUT2D eigenvalue weighted by Gasteiger charge is 2.53. The molecule has 1 saturated carbocycles. The van der Waals surface area contributed by atoms with Gasteiger partial charge in [-0.25, -0.2) is 4.98 Å². The van der Waals surface area contributed by atoms with E-state index in [1.807, 2.05) is 9.80 Å². The number of hydrogen-bond acceptors (Lipinski definition) is 7. The Morgan fingerprint density at radius 3 is 2.59 bits per heavy atom. The first-order chi connectivity index (χ1) is 17.8. The van der Waals surface area contributed by atoms with E-state index in [1.54, 1.807) is 7.11 Å². The topological polar surface area (TPSA) is 76.2 Å². The molecule has 0 spiro atoms. The number of nitrogens with one attached hydrogen (secondary N) is 1. The van der Waals surface area contributed by atoms with E-state index >= 15 is 0 Å². The van der Waals surface area contributed by atoms with Gasteiger partial charge in [0.25, 0.3) is 0 Å². The number of halogens is 3. The number of alkyl halides is 3. The zero-order valence-electron chi connectivity index (χ0n) is 21.3. The highest BCUT2D eigenvalue weighted by atomic mass is 19.4. The fraction of sp³-hybridized carbons (Fsp3) is 0.769. The molecule has 4 heterocycles. The lowest BCUT2D eigenvalue weighted by Crippen LogP contribution is -2.55. The molecule has 1 N–H and O–H groups in total. The number of nitrogens with zero attached hydrogens (tertiary/aromatic N) is 3. The number of hydrogen-bond donors (Lipinski definition) is 1. The molecule has 5 rings (SSSR count). The Kier molecular flexibility index (Phi) is 7.95. The summed E-state index contributed by atoms with van der Waals surface area (Å²) in [6.45, 7) is 4.41. The van der Waals surface area contributed by atoms with Crippen LogP contribution in [-0.4, -0.2) is 93.7 Å². The first-order valence-corrected chi connectivity index (χ1v) is 13.3. The maximum atomic E-state index is 14.1. The molecular formula is C26H37F3N4O4. The fourth-order valence-corrected chi connectivity index (χ4v) is 6.59. The molecule has 11 heteroatoms. The highest BCUT2D eigenvalue weighted by molar-refractivity contribution is 5.84. The van der Waals surface area contributed by atoms with Gasteiger partial charge in [0.2, 0.25) is 5.91 Å². The number of ether oxygens (including phenoxy) is 3. The van der Waals surface area contributed by atoms with Crippen LogP contribution in [0.3, 0.4) is 0 Å². The maximum Gasteiger partial charge on any atom is 0.416 e. The fourth-order valence-electron chi connectivity index (χ4n) is 6.59. The summed E-state index contributed by atoms with van der Waals surface area (Å²) in [5, 5.41) is 3.78. The predicted octanol–water partition coefficient (Wildman–Crippen LogP) is 2.72. The first kappa shape index (κ1) is 26.6. The number of piperazine rings is 1. The molecule has 0 radical (unpaired) electrons. The number of methoxy groups -OCH3 is 1. The summed E-state index contributed by atoms with van der Waals surface area (Å²) in [5.41, 5.74) is -1.18. The van der Waals surface area contributed by atoms with Gasteiger partial charge in [-0.1, -0.05) is 0 Å². The van der Waals surface area contributed by atoms with Crippen molar-refractivity contribution < 1.29 is 32.2 Å². The number of anilines is 1. The van der Waals surface area contributed by atoms with Crippen LogP contribution < -0.4 is 10.2 Å². The van der Waals surface area contributed by atoms with Crippen LogP contribution in [0.2, 0.25) is 0 Å². The van der Waals surface area contributed by atoms with Gasteiger partial charge in [0.1, 0.15) is 5.82 Å². The second kappa shape index (κ2) is 11.0.